The Kier molecular flexibility index (Phi) is 4.84. The summed E-state index contributed by atoms with van der Waals surface area (Å²) in [4.78, 5) is 25.6. The Morgan fingerprint density at radius 2 is 1.95 bits per heavy atom. The summed E-state index contributed by atoms with van der Waals surface area (Å²) in [7, 11) is 0. The number of likely N-dealkylation sites (tertiary alicyclic amines) is 1. The van der Waals surface area contributed by atoms with Crippen LogP contribution in [0, 0.1) is 5.41 Å². The highest BCUT2D eigenvalue weighted by atomic mass is 16.2. The Bertz CT molecular complexity index is 375. The average molecular weight is 280 g/mol. The van der Waals surface area contributed by atoms with Crippen LogP contribution < -0.4 is 5.32 Å². The van der Waals surface area contributed by atoms with Gasteiger partial charge in [-0.2, -0.15) is 0 Å². The van der Waals surface area contributed by atoms with Gasteiger partial charge in [-0.15, -0.1) is 0 Å². The van der Waals surface area contributed by atoms with Gasteiger partial charge in [-0.3, -0.25) is 14.5 Å². The SMILES string of the molecule is CCCCCC(C)(C)CNC1CC(=O)N(C2CC2)C1=O. The lowest BCUT2D eigenvalue weighted by Crippen LogP contribution is -2.43. The van der Waals surface area contributed by atoms with Gasteiger partial charge in [-0.05, 0) is 24.7 Å². The molecule has 2 amide bonds. The number of hydrogen-bond donors (Lipinski definition) is 1. The maximum atomic E-state index is 12.2. The normalized spacial score (nSPS) is 23.8. The predicted octanol–water partition coefficient (Wildman–Crippen LogP) is 2.47. The quantitative estimate of drug-likeness (QED) is 0.549. The minimum atomic E-state index is -0.284. The first kappa shape index (κ1) is 15.5. The van der Waals surface area contributed by atoms with E-state index in [4.69, 9.17) is 0 Å². The minimum Gasteiger partial charge on any atom is -0.305 e. The van der Waals surface area contributed by atoms with Crippen LogP contribution in [0.15, 0.2) is 0 Å². The van der Waals surface area contributed by atoms with Gasteiger partial charge in [0, 0.05) is 12.6 Å². The summed E-state index contributed by atoms with van der Waals surface area (Å²) in [6, 6.07) is -0.0760. The highest BCUT2D eigenvalue weighted by Crippen LogP contribution is 2.32. The van der Waals surface area contributed by atoms with Crippen molar-refractivity contribution in [2.45, 2.75) is 77.8 Å². The molecule has 0 aromatic rings. The molecule has 0 spiro atoms. The van der Waals surface area contributed by atoms with Crippen molar-refractivity contribution in [3.8, 4) is 0 Å². The zero-order chi connectivity index (χ0) is 14.8. The van der Waals surface area contributed by atoms with Gasteiger partial charge < -0.3 is 5.32 Å². The maximum absolute atomic E-state index is 12.2. The number of imide groups is 1. The fourth-order valence-electron chi connectivity index (χ4n) is 2.87. The van der Waals surface area contributed by atoms with Crippen molar-refractivity contribution in [2.24, 2.45) is 5.41 Å². The van der Waals surface area contributed by atoms with Crippen molar-refractivity contribution in [3.63, 3.8) is 0 Å². The number of nitrogens with zero attached hydrogens (tertiary/aromatic N) is 1. The Hall–Kier alpha value is -0.900. The summed E-state index contributed by atoms with van der Waals surface area (Å²) in [5.41, 5.74) is 0.186. The van der Waals surface area contributed by atoms with Crippen molar-refractivity contribution in [1.29, 1.82) is 0 Å². The molecule has 114 valence electrons. The number of hydrogen-bond acceptors (Lipinski definition) is 3. The molecular weight excluding hydrogens is 252 g/mol. The fourth-order valence-corrected chi connectivity index (χ4v) is 2.87. The fraction of sp³-hybridized carbons (Fsp3) is 0.875. The van der Waals surface area contributed by atoms with Gasteiger partial charge in [0.25, 0.3) is 0 Å². The predicted molar refractivity (Wildman–Crippen MR) is 79.2 cm³/mol. The molecule has 0 radical (unpaired) electrons. The van der Waals surface area contributed by atoms with Crippen LogP contribution in [0.5, 0.6) is 0 Å². The summed E-state index contributed by atoms with van der Waals surface area (Å²) >= 11 is 0. The van der Waals surface area contributed by atoms with E-state index in [0.29, 0.717) is 6.42 Å². The zero-order valence-electron chi connectivity index (χ0n) is 13.1. The Labute approximate surface area is 122 Å². The molecule has 1 N–H and O–H groups in total. The lowest BCUT2D eigenvalue weighted by Gasteiger charge is -2.26. The summed E-state index contributed by atoms with van der Waals surface area (Å²) in [5, 5.41) is 3.33. The van der Waals surface area contributed by atoms with Gasteiger partial charge in [0.2, 0.25) is 11.8 Å². The number of amides is 2. The van der Waals surface area contributed by atoms with E-state index in [1.54, 1.807) is 0 Å². The molecule has 1 heterocycles. The smallest absolute Gasteiger partial charge is 0.247 e. The van der Waals surface area contributed by atoms with Crippen LogP contribution in [0.3, 0.4) is 0 Å². The largest absolute Gasteiger partial charge is 0.305 e. The van der Waals surface area contributed by atoms with Crippen LogP contribution in [0.1, 0.15) is 65.7 Å². The highest BCUT2D eigenvalue weighted by Gasteiger charge is 2.46. The zero-order valence-corrected chi connectivity index (χ0v) is 13.1. The van der Waals surface area contributed by atoms with Gasteiger partial charge in [-0.25, -0.2) is 0 Å². The topological polar surface area (TPSA) is 49.4 Å². The molecule has 20 heavy (non-hydrogen) atoms. The van der Waals surface area contributed by atoms with Crippen molar-refractivity contribution < 1.29 is 9.59 Å². The van der Waals surface area contributed by atoms with Gasteiger partial charge in [0.1, 0.15) is 0 Å². The highest BCUT2D eigenvalue weighted by molar-refractivity contribution is 6.06. The standard InChI is InChI=1S/C16H28N2O2/c1-4-5-6-9-16(2,3)11-17-13-10-14(19)18(15(13)20)12-7-8-12/h12-13,17H,4-11H2,1-3H3. The van der Waals surface area contributed by atoms with Crippen molar-refractivity contribution in [2.75, 3.05) is 6.54 Å². The molecule has 4 heteroatoms. The third kappa shape index (κ3) is 3.81. The molecule has 1 saturated carbocycles. The molecule has 1 saturated heterocycles. The molecule has 1 aliphatic carbocycles. The molecule has 1 atom stereocenters. The van der Waals surface area contributed by atoms with Crippen LogP contribution in [0.4, 0.5) is 0 Å². The Morgan fingerprint density at radius 1 is 1.25 bits per heavy atom. The molecular formula is C16H28N2O2. The lowest BCUT2D eigenvalue weighted by atomic mass is 9.86. The number of nitrogens with one attached hydrogen (secondary N) is 1. The Balaban J connectivity index is 1.79. The van der Waals surface area contributed by atoms with E-state index in [1.165, 1.54) is 24.2 Å². The van der Waals surface area contributed by atoms with E-state index >= 15 is 0 Å². The average Bonchev–Trinajstić information content (AvgIpc) is 3.15. The number of carbonyl (C=O) groups is 2. The van der Waals surface area contributed by atoms with Gasteiger partial charge in [-0.1, -0.05) is 40.0 Å². The lowest BCUT2D eigenvalue weighted by molar-refractivity contribution is -0.139. The number of unbranched alkanes of at least 4 members (excludes halogenated alkanes) is 2. The van der Waals surface area contributed by atoms with Gasteiger partial charge in [0.15, 0.2) is 0 Å². The van der Waals surface area contributed by atoms with Crippen LogP contribution in [-0.2, 0) is 9.59 Å². The third-order valence-electron chi connectivity index (χ3n) is 4.38. The van der Waals surface area contributed by atoms with Crippen molar-refractivity contribution >= 4 is 11.8 Å². The molecule has 0 bridgehead atoms. The second-order valence-corrected chi connectivity index (χ2v) is 7.09. The number of carbonyl (C=O) groups excluding carboxylic acids is 2. The molecule has 0 aromatic heterocycles. The summed E-state index contributed by atoms with van der Waals surface area (Å²) < 4.78 is 0. The molecule has 1 aliphatic heterocycles. The number of rotatable bonds is 8. The first-order chi connectivity index (χ1) is 9.44. The van der Waals surface area contributed by atoms with Crippen molar-refractivity contribution in [3.05, 3.63) is 0 Å². The Morgan fingerprint density at radius 3 is 2.55 bits per heavy atom. The summed E-state index contributed by atoms with van der Waals surface area (Å²) in [6.45, 7) is 7.48. The molecule has 1 unspecified atom stereocenters. The maximum Gasteiger partial charge on any atom is 0.247 e. The monoisotopic (exact) mass is 280 g/mol. The third-order valence-corrected chi connectivity index (χ3v) is 4.38. The van der Waals surface area contributed by atoms with Crippen LogP contribution in [0.25, 0.3) is 0 Å². The minimum absolute atomic E-state index is 0.00172. The molecule has 2 fully saturated rings. The first-order valence-corrected chi connectivity index (χ1v) is 8.04. The van der Waals surface area contributed by atoms with Crippen LogP contribution in [-0.4, -0.2) is 35.3 Å². The van der Waals surface area contributed by atoms with E-state index in [0.717, 1.165) is 25.8 Å². The van der Waals surface area contributed by atoms with Crippen LogP contribution >= 0.6 is 0 Å². The van der Waals surface area contributed by atoms with E-state index < -0.39 is 0 Å². The molecule has 0 aromatic carbocycles. The second-order valence-electron chi connectivity index (χ2n) is 7.09. The molecule has 2 rings (SSSR count). The van der Waals surface area contributed by atoms with Crippen molar-refractivity contribution in [1.82, 2.24) is 10.2 Å². The summed E-state index contributed by atoms with van der Waals surface area (Å²) in [6.07, 6.45) is 7.22. The van der Waals surface area contributed by atoms with Gasteiger partial charge >= 0.3 is 0 Å². The van der Waals surface area contributed by atoms with Crippen LogP contribution in [0.2, 0.25) is 0 Å². The second kappa shape index (κ2) is 6.25. The van der Waals surface area contributed by atoms with E-state index in [-0.39, 0.29) is 29.3 Å². The van der Waals surface area contributed by atoms with E-state index in [9.17, 15) is 9.59 Å². The van der Waals surface area contributed by atoms with E-state index in [2.05, 4.69) is 26.1 Å². The molecule has 2 aliphatic rings. The molecule has 4 nitrogen and oxygen atoms in total. The summed E-state index contributed by atoms with van der Waals surface area (Å²) in [5.74, 6) is 0.0145. The van der Waals surface area contributed by atoms with E-state index in [1.807, 2.05) is 0 Å². The van der Waals surface area contributed by atoms with Gasteiger partial charge in [0.05, 0.1) is 12.5 Å². The first-order valence-electron chi connectivity index (χ1n) is 8.04.